The summed E-state index contributed by atoms with van der Waals surface area (Å²) in [5.41, 5.74) is 1.71. The van der Waals surface area contributed by atoms with Gasteiger partial charge in [-0.3, -0.25) is 0 Å². The van der Waals surface area contributed by atoms with Gasteiger partial charge in [0.1, 0.15) is 18.1 Å². The summed E-state index contributed by atoms with van der Waals surface area (Å²) in [6.45, 7) is 0.457. The average Bonchev–Trinajstić information content (AvgIpc) is 2.83. The molecule has 3 rings (SSSR count). The van der Waals surface area contributed by atoms with Gasteiger partial charge in [-0.15, -0.1) is 0 Å². The molecular formula is C15H14FNO3. The van der Waals surface area contributed by atoms with Gasteiger partial charge in [0.15, 0.2) is 11.6 Å². The van der Waals surface area contributed by atoms with Crippen LogP contribution in [0.4, 0.5) is 10.1 Å². The Morgan fingerprint density at radius 1 is 1.30 bits per heavy atom. The number of methoxy groups -OCH3 is 1. The molecule has 1 unspecified atom stereocenters. The van der Waals surface area contributed by atoms with Crippen LogP contribution in [0, 0.1) is 5.82 Å². The number of phenols is 1. The first-order chi connectivity index (χ1) is 9.67. The van der Waals surface area contributed by atoms with E-state index in [0.29, 0.717) is 12.4 Å². The molecule has 5 heteroatoms. The number of fused-ring (bicyclic) bond motifs is 1. The number of benzene rings is 2. The van der Waals surface area contributed by atoms with E-state index in [-0.39, 0.29) is 17.5 Å². The molecule has 2 aromatic carbocycles. The second-order valence-electron chi connectivity index (χ2n) is 4.58. The summed E-state index contributed by atoms with van der Waals surface area (Å²) in [7, 11) is 1.43. The minimum Gasteiger partial charge on any atom is -0.508 e. The van der Waals surface area contributed by atoms with Crippen LogP contribution < -0.4 is 14.8 Å². The van der Waals surface area contributed by atoms with E-state index in [9.17, 15) is 9.50 Å². The zero-order valence-corrected chi connectivity index (χ0v) is 10.9. The van der Waals surface area contributed by atoms with Gasteiger partial charge in [0.2, 0.25) is 0 Å². The number of hydrogen-bond donors (Lipinski definition) is 2. The Morgan fingerprint density at radius 2 is 2.15 bits per heavy atom. The number of anilines is 1. The maximum atomic E-state index is 13.4. The lowest BCUT2D eigenvalue weighted by atomic mass is 10.1. The van der Waals surface area contributed by atoms with Gasteiger partial charge in [0, 0.05) is 23.4 Å². The molecule has 1 aliphatic rings. The van der Waals surface area contributed by atoms with Crippen molar-refractivity contribution in [3.63, 3.8) is 0 Å². The van der Waals surface area contributed by atoms with E-state index < -0.39 is 5.82 Å². The van der Waals surface area contributed by atoms with Gasteiger partial charge < -0.3 is 19.9 Å². The fourth-order valence-electron chi connectivity index (χ4n) is 2.27. The summed E-state index contributed by atoms with van der Waals surface area (Å²) in [4.78, 5) is 0. The van der Waals surface area contributed by atoms with Crippen molar-refractivity contribution in [3.05, 3.63) is 47.8 Å². The highest BCUT2D eigenvalue weighted by Gasteiger charge is 2.24. The zero-order chi connectivity index (χ0) is 14.1. The normalized spacial score (nSPS) is 16.4. The molecule has 4 nitrogen and oxygen atoms in total. The molecule has 0 radical (unpaired) electrons. The molecule has 0 fully saturated rings. The SMILES string of the molecule is COc1cc(NC2COc3cc(O)ccc32)ccc1F. The van der Waals surface area contributed by atoms with Crippen LogP contribution in [0.2, 0.25) is 0 Å². The number of nitrogens with one attached hydrogen (secondary N) is 1. The molecule has 1 atom stereocenters. The van der Waals surface area contributed by atoms with Crippen LogP contribution >= 0.6 is 0 Å². The molecule has 0 aromatic heterocycles. The van der Waals surface area contributed by atoms with Crippen molar-refractivity contribution < 1.29 is 19.0 Å². The molecular weight excluding hydrogens is 261 g/mol. The maximum Gasteiger partial charge on any atom is 0.165 e. The van der Waals surface area contributed by atoms with Gasteiger partial charge in [-0.1, -0.05) is 0 Å². The number of ether oxygens (including phenoxy) is 2. The Kier molecular flexibility index (Phi) is 3.10. The van der Waals surface area contributed by atoms with Crippen molar-refractivity contribution >= 4 is 5.69 Å². The van der Waals surface area contributed by atoms with Gasteiger partial charge >= 0.3 is 0 Å². The molecule has 1 heterocycles. The van der Waals surface area contributed by atoms with Crippen LogP contribution in [0.3, 0.4) is 0 Å². The van der Waals surface area contributed by atoms with E-state index in [0.717, 1.165) is 11.3 Å². The number of rotatable bonds is 3. The molecule has 0 spiro atoms. The van der Waals surface area contributed by atoms with E-state index in [4.69, 9.17) is 9.47 Å². The Balaban J connectivity index is 1.84. The molecule has 0 bridgehead atoms. The summed E-state index contributed by atoms with van der Waals surface area (Å²) >= 11 is 0. The Hall–Kier alpha value is -2.43. The lowest BCUT2D eigenvalue weighted by Crippen LogP contribution is -2.12. The molecule has 0 aliphatic carbocycles. The average molecular weight is 275 g/mol. The highest BCUT2D eigenvalue weighted by Crippen LogP contribution is 2.37. The summed E-state index contributed by atoms with van der Waals surface area (Å²) in [6.07, 6.45) is 0. The van der Waals surface area contributed by atoms with Crippen molar-refractivity contribution in [2.45, 2.75) is 6.04 Å². The minimum atomic E-state index is -0.397. The van der Waals surface area contributed by atoms with Crippen LogP contribution in [0.15, 0.2) is 36.4 Å². The third kappa shape index (κ3) is 2.22. The van der Waals surface area contributed by atoms with Crippen molar-refractivity contribution in [2.75, 3.05) is 19.0 Å². The predicted molar refractivity (Wildman–Crippen MR) is 72.9 cm³/mol. The van der Waals surface area contributed by atoms with Crippen LogP contribution in [0.1, 0.15) is 11.6 Å². The summed E-state index contributed by atoms with van der Waals surface area (Å²) < 4.78 is 23.8. The van der Waals surface area contributed by atoms with E-state index in [1.807, 2.05) is 6.07 Å². The number of phenolic OH excluding ortho intramolecular Hbond substituents is 1. The van der Waals surface area contributed by atoms with Gasteiger partial charge in [-0.05, 0) is 24.3 Å². The van der Waals surface area contributed by atoms with Gasteiger partial charge in [0.25, 0.3) is 0 Å². The van der Waals surface area contributed by atoms with Crippen LogP contribution in [-0.4, -0.2) is 18.8 Å². The van der Waals surface area contributed by atoms with Crippen LogP contribution in [0.5, 0.6) is 17.2 Å². The van der Waals surface area contributed by atoms with E-state index in [1.165, 1.54) is 13.2 Å². The fourth-order valence-corrected chi connectivity index (χ4v) is 2.27. The summed E-state index contributed by atoms with van der Waals surface area (Å²) in [6, 6.07) is 9.59. The first-order valence-corrected chi connectivity index (χ1v) is 6.23. The van der Waals surface area contributed by atoms with Crippen molar-refractivity contribution in [1.29, 1.82) is 0 Å². The molecule has 104 valence electrons. The van der Waals surface area contributed by atoms with Gasteiger partial charge in [-0.25, -0.2) is 4.39 Å². The number of hydrogen-bond acceptors (Lipinski definition) is 4. The molecule has 1 aliphatic heterocycles. The molecule has 20 heavy (non-hydrogen) atoms. The first-order valence-electron chi connectivity index (χ1n) is 6.23. The van der Waals surface area contributed by atoms with Crippen molar-refractivity contribution in [2.24, 2.45) is 0 Å². The van der Waals surface area contributed by atoms with Crippen molar-refractivity contribution in [3.8, 4) is 17.2 Å². The topological polar surface area (TPSA) is 50.7 Å². The second-order valence-corrected chi connectivity index (χ2v) is 4.58. The summed E-state index contributed by atoms with van der Waals surface area (Å²) in [5, 5.41) is 12.7. The van der Waals surface area contributed by atoms with Gasteiger partial charge in [0.05, 0.1) is 13.2 Å². The standard InChI is InChI=1S/C15H14FNO3/c1-19-15-6-9(2-5-12(15)16)17-13-8-20-14-7-10(18)3-4-11(13)14/h2-7,13,17-18H,8H2,1H3. The predicted octanol–water partition coefficient (Wildman–Crippen LogP) is 3.09. The lowest BCUT2D eigenvalue weighted by molar-refractivity contribution is 0.338. The molecule has 0 saturated carbocycles. The number of aromatic hydroxyl groups is 1. The fraction of sp³-hybridized carbons (Fsp3) is 0.200. The zero-order valence-electron chi connectivity index (χ0n) is 10.9. The molecule has 0 amide bonds. The van der Waals surface area contributed by atoms with Gasteiger partial charge in [-0.2, -0.15) is 0 Å². The largest absolute Gasteiger partial charge is 0.508 e. The van der Waals surface area contributed by atoms with Crippen molar-refractivity contribution in [1.82, 2.24) is 0 Å². The summed E-state index contributed by atoms with van der Waals surface area (Å²) in [5.74, 6) is 0.635. The lowest BCUT2D eigenvalue weighted by Gasteiger charge is -2.14. The van der Waals surface area contributed by atoms with E-state index >= 15 is 0 Å². The quantitative estimate of drug-likeness (QED) is 0.903. The second kappa shape index (κ2) is 4.92. The third-order valence-electron chi connectivity index (χ3n) is 3.27. The Bertz CT molecular complexity index is 645. The van der Waals surface area contributed by atoms with E-state index in [1.54, 1.807) is 24.3 Å². The molecule has 2 N–H and O–H groups in total. The first kappa shape index (κ1) is 12.6. The smallest absolute Gasteiger partial charge is 0.165 e. The highest BCUT2D eigenvalue weighted by molar-refractivity contribution is 5.53. The Labute approximate surface area is 115 Å². The minimum absolute atomic E-state index is 0.0410. The van der Waals surface area contributed by atoms with Crippen LogP contribution in [0.25, 0.3) is 0 Å². The van der Waals surface area contributed by atoms with E-state index in [2.05, 4.69) is 5.32 Å². The molecule has 2 aromatic rings. The maximum absolute atomic E-state index is 13.4. The highest BCUT2D eigenvalue weighted by atomic mass is 19.1. The molecule has 0 saturated heterocycles. The monoisotopic (exact) mass is 275 g/mol. The number of halogens is 1. The third-order valence-corrected chi connectivity index (χ3v) is 3.27. The van der Waals surface area contributed by atoms with Crippen LogP contribution in [-0.2, 0) is 0 Å². The Morgan fingerprint density at radius 3 is 2.95 bits per heavy atom.